The lowest BCUT2D eigenvalue weighted by molar-refractivity contribution is -0.166. The Hall–Kier alpha value is -2.11. The maximum atomic E-state index is 13.5. The van der Waals surface area contributed by atoms with Crippen molar-refractivity contribution in [3.05, 3.63) is 30.1 Å². The molecular formula is C23H35FO5. The summed E-state index contributed by atoms with van der Waals surface area (Å²) in [7, 11) is 0. The molecule has 0 N–H and O–H groups in total. The molecule has 0 aromatic heterocycles. The quantitative estimate of drug-likeness (QED) is 0.489. The number of carbonyl (C=O) groups excluding carboxylic acids is 2. The summed E-state index contributed by atoms with van der Waals surface area (Å²) >= 11 is 0. The molecule has 164 valence electrons. The average Bonchev–Trinajstić information content (AvgIpc) is 2.60. The summed E-state index contributed by atoms with van der Waals surface area (Å²) < 4.78 is 30.4. The lowest BCUT2D eigenvalue weighted by Crippen LogP contribution is -2.40. The molecule has 0 saturated heterocycles. The number of rotatable bonds is 10. The summed E-state index contributed by atoms with van der Waals surface area (Å²) in [5.74, 6) is -1.43. The van der Waals surface area contributed by atoms with Crippen molar-refractivity contribution in [3.63, 3.8) is 0 Å². The second-order valence-electron chi connectivity index (χ2n) is 8.45. The molecule has 0 aliphatic rings. The van der Waals surface area contributed by atoms with E-state index in [1.165, 1.54) is 12.1 Å². The van der Waals surface area contributed by atoms with Crippen molar-refractivity contribution in [2.24, 2.45) is 11.8 Å². The van der Waals surface area contributed by atoms with Gasteiger partial charge in [0.2, 0.25) is 0 Å². The molecule has 0 bridgehead atoms. The molecule has 1 aromatic carbocycles. The van der Waals surface area contributed by atoms with Crippen molar-refractivity contribution in [3.8, 4) is 5.75 Å². The minimum Gasteiger partial charge on any atom is -0.486 e. The van der Waals surface area contributed by atoms with Gasteiger partial charge < -0.3 is 14.2 Å². The van der Waals surface area contributed by atoms with E-state index in [9.17, 15) is 14.0 Å². The fourth-order valence-electron chi connectivity index (χ4n) is 3.11. The van der Waals surface area contributed by atoms with Crippen LogP contribution in [-0.2, 0) is 19.1 Å². The highest BCUT2D eigenvalue weighted by atomic mass is 19.1. The average molecular weight is 411 g/mol. The van der Waals surface area contributed by atoms with Crippen molar-refractivity contribution in [1.82, 2.24) is 0 Å². The molecule has 0 amide bonds. The van der Waals surface area contributed by atoms with Gasteiger partial charge in [-0.15, -0.1) is 0 Å². The van der Waals surface area contributed by atoms with Gasteiger partial charge in [0, 0.05) is 6.07 Å². The molecule has 0 saturated carbocycles. The van der Waals surface area contributed by atoms with Gasteiger partial charge in [0.05, 0.1) is 12.3 Å². The number of hydrogen-bond donors (Lipinski definition) is 0. The molecular weight excluding hydrogens is 375 g/mol. The number of benzene rings is 1. The van der Waals surface area contributed by atoms with E-state index >= 15 is 0 Å². The predicted molar refractivity (Wildman–Crippen MR) is 110 cm³/mol. The third-order valence-corrected chi connectivity index (χ3v) is 4.64. The Morgan fingerprint density at radius 1 is 1.10 bits per heavy atom. The van der Waals surface area contributed by atoms with Gasteiger partial charge >= 0.3 is 11.9 Å². The first-order valence-corrected chi connectivity index (χ1v) is 10.3. The molecule has 0 radical (unpaired) electrons. The predicted octanol–water partition coefficient (Wildman–Crippen LogP) is 5.31. The van der Waals surface area contributed by atoms with Crippen molar-refractivity contribution >= 4 is 11.9 Å². The Morgan fingerprint density at radius 3 is 2.24 bits per heavy atom. The fraction of sp³-hybridized carbons (Fsp3) is 0.652. The van der Waals surface area contributed by atoms with Gasteiger partial charge in [0.1, 0.15) is 29.4 Å². The lowest BCUT2D eigenvalue weighted by Gasteiger charge is -2.31. The molecule has 29 heavy (non-hydrogen) atoms. The fourth-order valence-corrected chi connectivity index (χ4v) is 3.11. The lowest BCUT2D eigenvalue weighted by atomic mass is 9.93. The highest BCUT2D eigenvalue weighted by Gasteiger charge is 2.31. The molecule has 3 atom stereocenters. The first kappa shape index (κ1) is 24.9. The maximum Gasteiger partial charge on any atom is 0.309 e. The maximum absolute atomic E-state index is 13.5. The van der Waals surface area contributed by atoms with Crippen LogP contribution >= 0.6 is 0 Å². The van der Waals surface area contributed by atoms with E-state index < -0.39 is 35.7 Å². The van der Waals surface area contributed by atoms with Crippen LogP contribution in [-0.4, -0.2) is 29.7 Å². The normalized spacial score (nSPS) is 14.8. The molecule has 0 aliphatic heterocycles. The van der Waals surface area contributed by atoms with Gasteiger partial charge in [-0.2, -0.15) is 0 Å². The summed E-state index contributed by atoms with van der Waals surface area (Å²) in [6.45, 7) is 12.8. The zero-order chi connectivity index (χ0) is 22.2. The summed E-state index contributed by atoms with van der Waals surface area (Å²) in [6.07, 6.45) is 0.613. The monoisotopic (exact) mass is 410 g/mol. The summed E-state index contributed by atoms with van der Waals surface area (Å²) in [6, 6.07) is 5.92. The van der Waals surface area contributed by atoms with E-state index in [1.54, 1.807) is 46.8 Å². The number of halogens is 1. The summed E-state index contributed by atoms with van der Waals surface area (Å²) in [5, 5.41) is 0. The van der Waals surface area contributed by atoms with E-state index in [0.717, 1.165) is 12.8 Å². The van der Waals surface area contributed by atoms with Crippen molar-refractivity contribution in [1.29, 1.82) is 0 Å². The molecule has 6 heteroatoms. The van der Waals surface area contributed by atoms with E-state index in [0.29, 0.717) is 5.75 Å². The van der Waals surface area contributed by atoms with Crippen molar-refractivity contribution in [2.45, 2.75) is 85.5 Å². The SMILES string of the molecule is CCC(CC)[C@@H](Oc1cccc(F)c1)[C@H](C)OC(=O)[C@H](C)CC(=O)OC(C)(C)C. The van der Waals surface area contributed by atoms with E-state index in [-0.39, 0.29) is 18.2 Å². The van der Waals surface area contributed by atoms with Gasteiger partial charge in [-0.05, 0) is 58.6 Å². The minimum absolute atomic E-state index is 0.0524. The minimum atomic E-state index is -0.635. The van der Waals surface area contributed by atoms with Crippen LogP contribution in [0.3, 0.4) is 0 Å². The van der Waals surface area contributed by atoms with E-state index in [4.69, 9.17) is 14.2 Å². The number of carbonyl (C=O) groups is 2. The Balaban J connectivity index is 2.81. The van der Waals surface area contributed by atoms with Crippen LogP contribution in [0, 0.1) is 17.7 Å². The number of esters is 2. The van der Waals surface area contributed by atoms with Crippen LogP contribution in [0.4, 0.5) is 4.39 Å². The van der Waals surface area contributed by atoms with Gasteiger partial charge in [-0.1, -0.05) is 26.8 Å². The van der Waals surface area contributed by atoms with Gasteiger partial charge in [0.15, 0.2) is 0 Å². The first-order valence-electron chi connectivity index (χ1n) is 10.3. The standard InChI is InChI=1S/C23H35FO5/c1-8-17(9-2)21(28-19-12-10-11-18(24)14-19)16(4)27-22(26)15(3)13-20(25)29-23(5,6)7/h10-12,14-17,21H,8-9,13H2,1-7H3/t15-,16+,21+/m1/s1. The molecule has 5 nitrogen and oxygen atoms in total. The molecule has 0 fully saturated rings. The van der Waals surface area contributed by atoms with Crippen LogP contribution in [0.1, 0.15) is 67.7 Å². The number of ether oxygens (including phenoxy) is 3. The molecule has 0 spiro atoms. The Labute approximate surface area is 173 Å². The highest BCUT2D eigenvalue weighted by molar-refractivity contribution is 5.79. The van der Waals surface area contributed by atoms with Gasteiger partial charge in [-0.3, -0.25) is 9.59 Å². The smallest absolute Gasteiger partial charge is 0.309 e. The van der Waals surface area contributed by atoms with E-state index in [1.807, 2.05) is 13.8 Å². The van der Waals surface area contributed by atoms with Gasteiger partial charge in [0.25, 0.3) is 0 Å². The second-order valence-corrected chi connectivity index (χ2v) is 8.45. The molecule has 0 unspecified atom stereocenters. The van der Waals surface area contributed by atoms with Crippen LogP contribution in [0.25, 0.3) is 0 Å². The third kappa shape index (κ3) is 8.84. The van der Waals surface area contributed by atoms with Crippen LogP contribution < -0.4 is 4.74 Å². The Morgan fingerprint density at radius 2 is 1.72 bits per heavy atom. The third-order valence-electron chi connectivity index (χ3n) is 4.64. The van der Waals surface area contributed by atoms with Crippen molar-refractivity contribution < 1.29 is 28.2 Å². The molecule has 0 heterocycles. The Bertz CT molecular complexity index is 663. The van der Waals surface area contributed by atoms with E-state index in [2.05, 4.69) is 0 Å². The summed E-state index contributed by atoms with van der Waals surface area (Å²) in [5.41, 5.74) is -0.604. The zero-order valence-corrected chi connectivity index (χ0v) is 18.7. The molecule has 1 rings (SSSR count). The molecule has 1 aromatic rings. The van der Waals surface area contributed by atoms with Crippen LogP contribution in [0.5, 0.6) is 5.75 Å². The first-order chi connectivity index (χ1) is 13.5. The van der Waals surface area contributed by atoms with Crippen molar-refractivity contribution in [2.75, 3.05) is 0 Å². The summed E-state index contributed by atoms with van der Waals surface area (Å²) in [4.78, 5) is 24.5. The largest absolute Gasteiger partial charge is 0.486 e. The van der Waals surface area contributed by atoms with Crippen LogP contribution in [0.15, 0.2) is 24.3 Å². The van der Waals surface area contributed by atoms with Gasteiger partial charge in [-0.25, -0.2) is 4.39 Å². The second kappa shape index (κ2) is 11.2. The highest BCUT2D eigenvalue weighted by Crippen LogP contribution is 2.25. The topological polar surface area (TPSA) is 61.8 Å². The zero-order valence-electron chi connectivity index (χ0n) is 18.7. The van der Waals surface area contributed by atoms with Crippen LogP contribution in [0.2, 0.25) is 0 Å². The number of hydrogen-bond acceptors (Lipinski definition) is 5. The molecule has 0 aliphatic carbocycles. The Kier molecular flexibility index (Phi) is 9.60.